The lowest BCUT2D eigenvalue weighted by Gasteiger charge is -2.30. The quantitative estimate of drug-likeness (QED) is 0.618. The molecule has 0 radical (unpaired) electrons. The third kappa shape index (κ3) is 3.11. The highest BCUT2D eigenvalue weighted by Gasteiger charge is 2.51. The van der Waals surface area contributed by atoms with Crippen molar-refractivity contribution < 1.29 is 14.3 Å². The maximum atomic E-state index is 12.4. The zero-order chi connectivity index (χ0) is 13.9. The molecule has 0 bridgehead atoms. The molecule has 0 aliphatic carbocycles. The summed E-state index contributed by atoms with van der Waals surface area (Å²) < 4.78 is 5.28. The minimum absolute atomic E-state index is 0.0631. The number of nitrogens with zero attached hydrogens (tertiary/aromatic N) is 1. The molecular formula is C13H21BrN2O3. The Balaban J connectivity index is 1.94. The van der Waals surface area contributed by atoms with Crippen LogP contribution in [0, 0.1) is 5.92 Å². The molecule has 1 spiro atoms. The highest BCUT2D eigenvalue weighted by Crippen LogP contribution is 2.28. The molecule has 1 atom stereocenters. The van der Waals surface area contributed by atoms with Gasteiger partial charge >= 0.3 is 6.03 Å². The SMILES string of the molecule is CC(CCBr)CCN1C(=O)NC2(CCOCC2)C1=O. The molecule has 2 saturated heterocycles. The number of carbonyl (C=O) groups excluding carboxylic acids is 2. The molecule has 1 N–H and O–H groups in total. The maximum absolute atomic E-state index is 12.4. The second-order valence-corrected chi connectivity index (χ2v) is 6.25. The van der Waals surface area contributed by atoms with E-state index in [9.17, 15) is 9.59 Å². The lowest BCUT2D eigenvalue weighted by molar-refractivity contribution is -0.134. The van der Waals surface area contributed by atoms with Crippen molar-refractivity contribution in [2.24, 2.45) is 5.92 Å². The van der Waals surface area contributed by atoms with E-state index in [-0.39, 0.29) is 11.9 Å². The summed E-state index contributed by atoms with van der Waals surface area (Å²) in [5, 5.41) is 3.83. The summed E-state index contributed by atoms with van der Waals surface area (Å²) in [6.45, 7) is 3.74. The smallest absolute Gasteiger partial charge is 0.325 e. The second kappa shape index (κ2) is 6.22. The lowest BCUT2D eigenvalue weighted by atomic mass is 9.90. The van der Waals surface area contributed by atoms with Crippen molar-refractivity contribution in [3.63, 3.8) is 0 Å². The number of urea groups is 1. The number of hydrogen-bond acceptors (Lipinski definition) is 3. The predicted molar refractivity (Wildman–Crippen MR) is 75.2 cm³/mol. The van der Waals surface area contributed by atoms with E-state index in [1.807, 2.05) is 0 Å². The molecule has 2 fully saturated rings. The van der Waals surface area contributed by atoms with E-state index in [1.165, 1.54) is 4.90 Å². The van der Waals surface area contributed by atoms with Crippen molar-refractivity contribution in [1.29, 1.82) is 0 Å². The summed E-state index contributed by atoms with van der Waals surface area (Å²) in [5.74, 6) is 0.443. The summed E-state index contributed by atoms with van der Waals surface area (Å²) >= 11 is 3.41. The lowest BCUT2D eigenvalue weighted by Crippen LogP contribution is -2.51. The van der Waals surface area contributed by atoms with Crippen LogP contribution in [0.2, 0.25) is 0 Å². The number of rotatable bonds is 5. The first-order chi connectivity index (χ1) is 9.09. The van der Waals surface area contributed by atoms with E-state index in [0.29, 0.717) is 38.5 Å². The van der Waals surface area contributed by atoms with Crippen molar-refractivity contribution in [2.75, 3.05) is 25.1 Å². The van der Waals surface area contributed by atoms with Crippen LogP contribution < -0.4 is 5.32 Å². The van der Waals surface area contributed by atoms with Crippen molar-refractivity contribution in [1.82, 2.24) is 10.2 Å². The van der Waals surface area contributed by atoms with E-state index < -0.39 is 5.54 Å². The number of amides is 3. The van der Waals surface area contributed by atoms with Crippen LogP contribution in [0.15, 0.2) is 0 Å². The molecule has 2 aliphatic heterocycles. The van der Waals surface area contributed by atoms with Gasteiger partial charge in [-0.2, -0.15) is 0 Å². The Labute approximate surface area is 122 Å². The van der Waals surface area contributed by atoms with Gasteiger partial charge in [-0.1, -0.05) is 22.9 Å². The number of hydrogen-bond donors (Lipinski definition) is 1. The molecule has 0 aromatic carbocycles. The maximum Gasteiger partial charge on any atom is 0.325 e. The summed E-state index contributed by atoms with van der Waals surface area (Å²) in [6.07, 6.45) is 3.09. The van der Waals surface area contributed by atoms with Gasteiger partial charge in [0.05, 0.1) is 0 Å². The van der Waals surface area contributed by atoms with Crippen LogP contribution in [0.3, 0.4) is 0 Å². The third-order valence-electron chi connectivity index (χ3n) is 4.04. The first-order valence-electron chi connectivity index (χ1n) is 6.87. The standard InChI is InChI=1S/C13H21BrN2O3/c1-10(2-6-14)3-7-16-11(17)13(15-12(16)18)4-8-19-9-5-13/h10H,2-9H2,1H3,(H,15,18). The van der Waals surface area contributed by atoms with Crippen molar-refractivity contribution in [2.45, 2.75) is 38.1 Å². The number of ether oxygens (including phenoxy) is 1. The summed E-state index contributed by atoms with van der Waals surface area (Å²) in [7, 11) is 0. The molecule has 2 aliphatic rings. The Kier molecular flexibility index (Phi) is 4.84. The number of nitrogens with one attached hydrogen (secondary N) is 1. The molecular weight excluding hydrogens is 312 g/mol. The van der Waals surface area contributed by atoms with E-state index in [2.05, 4.69) is 28.2 Å². The third-order valence-corrected chi connectivity index (χ3v) is 4.50. The van der Waals surface area contributed by atoms with Crippen LogP contribution in [0.1, 0.15) is 32.6 Å². The summed E-state index contributed by atoms with van der Waals surface area (Å²) in [6, 6.07) is -0.238. The van der Waals surface area contributed by atoms with Gasteiger partial charge in [-0.05, 0) is 18.8 Å². The van der Waals surface area contributed by atoms with Crippen LogP contribution >= 0.6 is 15.9 Å². The largest absolute Gasteiger partial charge is 0.381 e. The molecule has 19 heavy (non-hydrogen) atoms. The van der Waals surface area contributed by atoms with Crippen LogP contribution in [0.4, 0.5) is 4.79 Å². The molecule has 6 heteroatoms. The Bertz CT molecular complexity index is 356. The van der Waals surface area contributed by atoms with Gasteiger partial charge in [0.25, 0.3) is 5.91 Å². The van der Waals surface area contributed by atoms with Gasteiger partial charge in [-0.25, -0.2) is 4.79 Å². The number of halogens is 1. The molecule has 0 aromatic heterocycles. The van der Waals surface area contributed by atoms with Gasteiger partial charge in [-0.3, -0.25) is 9.69 Å². The fourth-order valence-corrected chi connectivity index (χ4v) is 3.40. The van der Waals surface area contributed by atoms with E-state index in [1.54, 1.807) is 0 Å². The average Bonchev–Trinajstić information content (AvgIpc) is 2.60. The van der Waals surface area contributed by atoms with Crippen molar-refractivity contribution in [3.8, 4) is 0 Å². The topological polar surface area (TPSA) is 58.6 Å². The first-order valence-corrected chi connectivity index (χ1v) is 7.99. The molecule has 5 nitrogen and oxygen atoms in total. The van der Waals surface area contributed by atoms with Gasteiger partial charge < -0.3 is 10.1 Å². The number of carbonyl (C=O) groups is 2. The van der Waals surface area contributed by atoms with Crippen LogP contribution in [-0.4, -0.2) is 47.5 Å². The number of alkyl halides is 1. The molecule has 108 valence electrons. The van der Waals surface area contributed by atoms with Gasteiger partial charge in [0.15, 0.2) is 0 Å². The number of imide groups is 1. The minimum atomic E-state index is -0.687. The van der Waals surface area contributed by atoms with Crippen molar-refractivity contribution >= 4 is 27.9 Å². The fraction of sp³-hybridized carbons (Fsp3) is 0.846. The van der Waals surface area contributed by atoms with Gasteiger partial charge in [0.1, 0.15) is 5.54 Å². The zero-order valence-electron chi connectivity index (χ0n) is 11.3. The van der Waals surface area contributed by atoms with E-state index >= 15 is 0 Å². The van der Waals surface area contributed by atoms with Gasteiger partial charge in [-0.15, -0.1) is 0 Å². The first kappa shape index (κ1) is 14.8. The summed E-state index contributed by atoms with van der Waals surface area (Å²) in [4.78, 5) is 25.8. The minimum Gasteiger partial charge on any atom is -0.381 e. The monoisotopic (exact) mass is 332 g/mol. The van der Waals surface area contributed by atoms with Gasteiger partial charge in [0.2, 0.25) is 0 Å². The highest BCUT2D eigenvalue weighted by atomic mass is 79.9. The fourth-order valence-electron chi connectivity index (χ4n) is 2.62. The molecule has 0 aromatic rings. The Morgan fingerprint density at radius 3 is 2.68 bits per heavy atom. The zero-order valence-corrected chi connectivity index (χ0v) is 12.9. The predicted octanol–water partition coefficient (Wildman–Crippen LogP) is 1.90. The van der Waals surface area contributed by atoms with Crippen molar-refractivity contribution in [3.05, 3.63) is 0 Å². The Morgan fingerprint density at radius 1 is 1.37 bits per heavy atom. The normalized spacial score (nSPS) is 23.8. The van der Waals surface area contributed by atoms with E-state index in [4.69, 9.17) is 4.74 Å². The highest BCUT2D eigenvalue weighted by molar-refractivity contribution is 9.09. The van der Waals surface area contributed by atoms with Crippen LogP contribution in [0.5, 0.6) is 0 Å². The second-order valence-electron chi connectivity index (χ2n) is 5.45. The average molecular weight is 333 g/mol. The molecule has 1 unspecified atom stereocenters. The molecule has 2 rings (SSSR count). The molecule has 3 amide bonds. The van der Waals surface area contributed by atoms with Gasteiger partial charge in [0, 0.05) is 37.9 Å². The van der Waals surface area contributed by atoms with Crippen LogP contribution in [-0.2, 0) is 9.53 Å². The molecule has 2 heterocycles. The Morgan fingerprint density at radius 2 is 2.05 bits per heavy atom. The van der Waals surface area contributed by atoms with E-state index in [0.717, 1.165) is 18.2 Å². The Hall–Kier alpha value is -0.620. The van der Waals surface area contributed by atoms with Crippen LogP contribution in [0.25, 0.3) is 0 Å². The molecule has 0 saturated carbocycles. The summed E-state index contributed by atoms with van der Waals surface area (Å²) in [5.41, 5.74) is -0.687.